The summed E-state index contributed by atoms with van der Waals surface area (Å²) in [4.78, 5) is 0. The summed E-state index contributed by atoms with van der Waals surface area (Å²) in [5.74, 6) is 0. The summed E-state index contributed by atoms with van der Waals surface area (Å²) >= 11 is 0. The van der Waals surface area contributed by atoms with E-state index in [0.29, 0.717) is 10.8 Å². The fraction of sp³-hybridized carbons (Fsp3) is 1.00. The number of nitrogens with one attached hydrogen (secondary N) is 1. The van der Waals surface area contributed by atoms with E-state index < -0.39 is 0 Å². The Morgan fingerprint density at radius 3 is 2.07 bits per heavy atom. The smallest absolute Gasteiger partial charge is 0.00676 e. The van der Waals surface area contributed by atoms with Crippen LogP contribution in [0.4, 0.5) is 0 Å². The molecule has 0 aliphatic heterocycles. The van der Waals surface area contributed by atoms with Crippen LogP contribution in [0.25, 0.3) is 0 Å². The summed E-state index contributed by atoms with van der Waals surface area (Å²) in [5.41, 5.74) is 1.02. The van der Waals surface area contributed by atoms with Crippen molar-refractivity contribution in [3.8, 4) is 0 Å². The van der Waals surface area contributed by atoms with E-state index in [1.807, 2.05) is 0 Å². The third-order valence-corrected chi connectivity index (χ3v) is 3.26. The topological polar surface area (TPSA) is 12.0 Å². The maximum Gasteiger partial charge on any atom is 0.00676 e. The van der Waals surface area contributed by atoms with Crippen molar-refractivity contribution >= 4 is 0 Å². The van der Waals surface area contributed by atoms with E-state index in [0.717, 1.165) is 12.6 Å². The largest absolute Gasteiger partial charge is 0.313 e. The van der Waals surface area contributed by atoms with E-state index in [4.69, 9.17) is 0 Å². The van der Waals surface area contributed by atoms with E-state index in [2.05, 4.69) is 39.9 Å². The molecule has 0 amide bonds. The molecule has 14 heavy (non-hydrogen) atoms. The van der Waals surface area contributed by atoms with Crippen molar-refractivity contribution in [3.05, 3.63) is 0 Å². The second-order valence-electron chi connectivity index (χ2n) is 6.88. The summed E-state index contributed by atoms with van der Waals surface area (Å²) in [5, 5.41) is 3.70. The summed E-state index contributed by atoms with van der Waals surface area (Å²) in [7, 11) is 0. The molecular weight excluding hydrogens is 170 g/mol. The van der Waals surface area contributed by atoms with Crippen molar-refractivity contribution in [2.45, 2.75) is 66.3 Å². The van der Waals surface area contributed by atoms with Crippen LogP contribution in [0.5, 0.6) is 0 Å². The lowest BCUT2D eigenvalue weighted by Gasteiger charge is -2.36. The number of rotatable bonds is 2. The third-order valence-electron chi connectivity index (χ3n) is 3.26. The average molecular weight is 197 g/mol. The van der Waals surface area contributed by atoms with Gasteiger partial charge in [-0.05, 0) is 36.5 Å². The molecule has 1 saturated carbocycles. The van der Waals surface area contributed by atoms with Crippen LogP contribution in [0.15, 0.2) is 0 Å². The first-order valence-corrected chi connectivity index (χ1v) is 6.02. The molecule has 0 saturated heterocycles. The highest BCUT2D eigenvalue weighted by molar-refractivity contribution is 4.83. The molecule has 1 N–H and O–H groups in total. The Balaban J connectivity index is 2.23. The molecular formula is C13H27N. The van der Waals surface area contributed by atoms with Gasteiger partial charge in [-0.1, -0.05) is 34.6 Å². The van der Waals surface area contributed by atoms with Gasteiger partial charge in [0.2, 0.25) is 0 Å². The SMILES string of the molecule is CC(C)(C)CNC1CCC(C)(C)CC1. The maximum absolute atomic E-state index is 3.70. The van der Waals surface area contributed by atoms with Crippen molar-refractivity contribution < 1.29 is 0 Å². The lowest BCUT2D eigenvalue weighted by molar-refractivity contribution is 0.197. The molecule has 1 heteroatoms. The highest BCUT2D eigenvalue weighted by atomic mass is 14.9. The van der Waals surface area contributed by atoms with Gasteiger partial charge in [0.05, 0.1) is 0 Å². The van der Waals surface area contributed by atoms with Crippen LogP contribution in [-0.4, -0.2) is 12.6 Å². The first-order valence-electron chi connectivity index (χ1n) is 6.02. The minimum atomic E-state index is 0.424. The lowest BCUT2D eigenvalue weighted by Crippen LogP contribution is -2.39. The highest BCUT2D eigenvalue weighted by Crippen LogP contribution is 2.35. The molecule has 0 aromatic carbocycles. The standard InChI is InChI=1S/C13H27N/c1-12(2,3)10-14-11-6-8-13(4,5)9-7-11/h11,14H,6-10H2,1-5H3. The summed E-state index contributed by atoms with van der Waals surface area (Å²) < 4.78 is 0. The molecule has 0 spiro atoms. The van der Waals surface area contributed by atoms with Crippen LogP contribution in [-0.2, 0) is 0 Å². The zero-order chi connectivity index (χ0) is 10.8. The summed E-state index contributed by atoms with van der Waals surface area (Å²) in [6, 6.07) is 0.780. The Morgan fingerprint density at radius 1 is 1.14 bits per heavy atom. The van der Waals surface area contributed by atoms with Gasteiger partial charge < -0.3 is 5.32 Å². The predicted molar refractivity (Wildman–Crippen MR) is 63.5 cm³/mol. The van der Waals surface area contributed by atoms with E-state index in [1.54, 1.807) is 0 Å². The Morgan fingerprint density at radius 2 is 1.64 bits per heavy atom. The molecule has 84 valence electrons. The molecule has 0 bridgehead atoms. The second kappa shape index (κ2) is 4.22. The van der Waals surface area contributed by atoms with Crippen molar-refractivity contribution in [1.29, 1.82) is 0 Å². The Hall–Kier alpha value is -0.0400. The summed E-state index contributed by atoms with van der Waals surface area (Å²) in [6.07, 6.45) is 5.50. The van der Waals surface area contributed by atoms with Gasteiger partial charge in [0.15, 0.2) is 0 Å². The van der Waals surface area contributed by atoms with E-state index in [9.17, 15) is 0 Å². The van der Waals surface area contributed by atoms with Gasteiger partial charge in [-0.3, -0.25) is 0 Å². The molecule has 0 heterocycles. The van der Waals surface area contributed by atoms with Crippen LogP contribution >= 0.6 is 0 Å². The molecule has 0 aromatic rings. The molecule has 1 nitrogen and oxygen atoms in total. The van der Waals surface area contributed by atoms with Crippen LogP contribution in [0.1, 0.15) is 60.3 Å². The first kappa shape index (κ1) is 12.0. The van der Waals surface area contributed by atoms with E-state index >= 15 is 0 Å². The molecule has 0 radical (unpaired) electrons. The third kappa shape index (κ3) is 4.45. The molecule has 1 aliphatic rings. The van der Waals surface area contributed by atoms with Crippen LogP contribution < -0.4 is 5.32 Å². The van der Waals surface area contributed by atoms with Crippen molar-refractivity contribution in [3.63, 3.8) is 0 Å². The molecule has 0 aromatic heterocycles. The predicted octanol–water partition coefficient (Wildman–Crippen LogP) is 3.59. The molecule has 1 rings (SSSR count). The Labute approximate surface area is 89.7 Å². The zero-order valence-corrected chi connectivity index (χ0v) is 10.6. The van der Waals surface area contributed by atoms with Crippen LogP contribution in [0.3, 0.4) is 0 Å². The van der Waals surface area contributed by atoms with E-state index in [1.165, 1.54) is 25.7 Å². The van der Waals surface area contributed by atoms with Crippen molar-refractivity contribution in [2.75, 3.05) is 6.54 Å². The van der Waals surface area contributed by atoms with Crippen molar-refractivity contribution in [2.24, 2.45) is 10.8 Å². The van der Waals surface area contributed by atoms with Gasteiger partial charge in [0.25, 0.3) is 0 Å². The van der Waals surface area contributed by atoms with Gasteiger partial charge in [0, 0.05) is 12.6 Å². The second-order valence-corrected chi connectivity index (χ2v) is 6.88. The summed E-state index contributed by atoms with van der Waals surface area (Å²) in [6.45, 7) is 12.8. The Kier molecular flexibility index (Phi) is 3.63. The maximum atomic E-state index is 3.70. The van der Waals surface area contributed by atoms with Gasteiger partial charge in [-0.25, -0.2) is 0 Å². The normalized spacial score (nSPS) is 23.8. The van der Waals surface area contributed by atoms with Gasteiger partial charge in [-0.15, -0.1) is 0 Å². The Bertz CT molecular complexity index is 166. The van der Waals surface area contributed by atoms with Crippen LogP contribution in [0.2, 0.25) is 0 Å². The average Bonchev–Trinajstić information content (AvgIpc) is 2.01. The molecule has 0 unspecified atom stereocenters. The van der Waals surface area contributed by atoms with Crippen LogP contribution in [0, 0.1) is 10.8 Å². The monoisotopic (exact) mass is 197 g/mol. The number of hydrogen-bond acceptors (Lipinski definition) is 1. The highest BCUT2D eigenvalue weighted by Gasteiger charge is 2.26. The molecule has 1 aliphatic carbocycles. The minimum absolute atomic E-state index is 0.424. The van der Waals surface area contributed by atoms with Gasteiger partial charge in [0.1, 0.15) is 0 Å². The first-order chi connectivity index (χ1) is 6.29. The molecule has 0 atom stereocenters. The fourth-order valence-corrected chi connectivity index (χ4v) is 2.05. The minimum Gasteiger partial charge on any atom is -0.313 e. The quantitative estimate of drug-likeness (QED) is 0.713. The van der Waals surface area contributed by atoms with E-state index in [-0.39, 0.29) is 0 Å². The van der Waals surface area contributed by atoms with Gasteiger partial charge >= 0.3 is 0 Å². The zero-order valence-electron chi connectivity index (χ0n) is 10.6. The fourth-order valence-electron chi connectivity index (χ4n) is 2.05. The molecule has 1 fully saturated rings. The number of hydrogen-bond donors (Lipinski definition) is 1. The van der Waals surface area contributed by atoms with Crippen molar-refractivity contribution in [1.82, 2.24) is 5.32 Å². The van der Waals surface area contributed by atoms with Gasteiger partial charge in [-0.2, -0.15) is 0 Å². The lowest BCUT2D eigenvalue weighted by atomic mass is 9.75.